The van der Waals surface area contributed by atoms with Crippen molar-refractivity contribution in [3.63, 3.8) is 0 Å². The number of carboxylic acids is 1. The Kier molecular flexibility index (Phi) is 5.13. The molecular formula is C15H17F2NO4S. The number of alkyl halides is 2. The van der Waals surface area contributed by atoms with Crippen LogP contribution in [0.3, 0.4) is 0 Å². The average Bonchev–Trinajstić information content (AvgIpc) is 2.92. The summed E-state index contributed by atoms with van der Waals surface area (Å²) in [5.41, 5.74) is -0.276. The molecule has 2 rings (SSSR count). The molecule has 0 saturated carbocycles. The van der Waals surface area contributed by atoms with Gasteiger partial charge in [0.15, 0.2) is 0 Å². The van der Waals surface area contributed by atoms with Crippen LogP contribution in [0.25, 0.3) is 0 Å². The van der Waals surface area contributed by atoms with Gasteiger partial charge in [-0.3, -0.25) is 4.79 Å². The molecule has 1 aliphatic heterocycles. The normalized spacial score (nSPS) is 20.6. The summed E-state index contributed by atoms with van der Waals surface area (Å²) in [7, 11) is 0. The molecule has 0 bridgehead atoms. The summed E-state index contributed by atoms with van der Waals surface area (Å²) in [6, 6.07) is 2.83. The fraction of sp³-hybridized carbons (Fsp3) is 0.467. The fourth-order valence-electron chi connectivity index (χ4n) is 2.53. The summed E-state index contributed by atoms with van der Waals surface area (Å²) in [5.74, 6) is -0.614. The van der Waals surface area contributed by atoms with Crippen molar-refractivity contribution in [1.29, 1.82) is 0 Å². The molecule has 1 heterocycles. The third-order valence-electron chi connectivity index (χ3n) is 3.71. The van der Waals surface area contributed by atoms with Gasteiger partial charge in [0.1, 0.15) is 11.3 Å². The van der Waals surface area contributed by atoms with Gasteiger partial charge < -0.3 is 15.2 Å². The van der Waals surface area contributed by atoms with Crippen LogP contribution in [0, 0.1) is 13.8 Å². The molecule has 2 N–H and O–H groups in total. The van der Waals surface area contributed by atoms with E-state index in [4.69, 9.17) is 0 Å². The molecule has 126 valence electrons. The number of carboxylic acid groups (broad SMARTS) is 1. The third kappa shape index (κ3) is 3.74. The van der Waals surface area contributed by atoms with Gasteiger partial charge in [-0.1, -0.05) is 0 Å². The van der Waals surface area contributed by atoms with Crippen LogP contribution in [0.15, 0.2) is 12.1 Å². The molecule has 1 aromatic carbocycles. The van der Waals surface area contributed by atoms with Gasteiger partial charge in [-0.2, -0.15) is 20.5 Å². The maximum atomic E-state index is 12.4. The number of nitrogens with one attached hydrogen (secondary N) is 1. The number of thioether (sulfide) groups is 1. The lowest BCUT2D eigenvalue weighted by atomic mass is 9.97. The first-order valence-corrected chi connectivity index (χ1v) is 8.10. The van der Waals surface area contributed by atoms with E-state index in [1.807, 2.05) is 0 Å². The Bertz CT molecular complexity index is 607. The molecule has 23 heavy (non-hydrogen) atoms. The summed E-state index contributed by atoms with van der Waals surface area (Å²) < 4.78 is 29.2. The number of halogens is 2. The van der Waals surface area contributed by atoms with Crippen LogP contribution >= 0.6 is 11.8 Å². The Morgan fingerprint density at radius 2 is 1.96 bits per heavy atom. The topological polar surface area (TPSA) is 75.6 Å². The summed E-state index contributed by atoms with van der Waals surface area (Å²) in [6.45, 7) is 0.164. The molecule has 1 saturated heterocycles. The second-order valence-corrected chi connectivity index (χ2v) is 6.57. The lowest BCUT2D eigenvalue weighted by Crippen LogP contribution is -2.54. The van der Waals surface area contributed by atoms with E-state index >= 15 is 0 Å². The van der Waals surface area contributed by atoms with Gasteiger partial charge in [-0.05, 0) is 49.3 Å². The first-order valence-electron chi connectivity index (χ1n) is 6.95. The molecule has 1 fully saturated rings. The van der Waals surface area contributed by atoms with E-state index in [1.165, 1.54) is 23.9 Å². The quantitative estimate of drug-likeness (QED) is 0.858. The molecule has 5 nitrogen and oxygen atoms in total. The SMILES string of the molecule is Cc1cc(C(=O)NC2(C(=O)O)CCSC2)cc(C)c1OC(F)F. The van der Waals surface area contributed by atoms with Crippen LogP contribution < -0.4 is 10.1 Å². The average molecular weight is 345 g/mol. The van der Waals surface area contributed by atoms with E-state index in [2.05, 4.69) is 10.1 Å². The molecule has 1 unspecified atom stereocenters. The zero-order valence-electron chi connectivity index (χ0n) is 12.7. The summed E-state index contributed by atoms with van der Waals surface area (Å²) in [4.78, 5) is 23.8. The first-order chi connectivity index (χ1) is 10.7. The van der Waals surface area contributed by atoms with Crippen molar-refractivity contribution in [2.24, 2.45) is 0 Å². The van der Waals surface area contributed by atoms with Crippen molar-refractivity contribution in [3.05, 3.63) is 28.8 Å². The van der Waals surface area contributed by atoms with Gasteiger partial charge in [-0.15, -0.1) is 0 Å². The Balaban J connectivity index is 2.25. The van der Waals surface area contributed by atoms with Crippen molar-refractivity contribution in [2.45, 2.75) is 32.4 Å². The number of benzene rings is 1. The zero-order valence-corrected chi connectivity index (χ0v) is 13.5. The van der Waals surface area contributed by atoms with Crippen molar-refractivity contribution in [1.82, 2.24) is 5.32 Å². The van der Waals surface area contributed by atoms with Crippen LogP contribution in [0.1, 0.15) is 27.9 Å². The number of aryl methyl sites for hydroxylation is 2. The number of hydrogen-bond donors (Lipinski definition) is 2. The highest BCUT2D eigenvalue weighted by atomic mass is 32.2. The molecule has 1 aromatic rings. The summed E-state index contributed by atoms with van der Waals surface area (Å²) in [6.07, 6.45) is 0.350. The summed E-state index contributed by atoms with van der Waals surface area (Å²) >= 11 is 1.46. The van der Waals surface area contributed by atoms with E-state index in [1.54, 1.807) is 13.8 Å². The van der Waals surface area contributed by atoms with Crippen molar-refractivity contribution >= 4 is 23.6 Å². The monoisotopic (exact) mass is 345 g/mol. The van der Waals surface area contributed by atoms with Gasteiger partial charge in [0.25, 0.3) is 5.91 Å². The number of carbonyl (C=O) groups is 2. The van der Waals surface area contributed by atoms with Gasteiger partial charge >= 0.3 is 12.6 Å². The van der Waals surface area contributed by atoms with Crippen LogP contribution in [-0.2, 0) is 4.79 Å². The Morgan fingerprint density at radius 3 is 2.39 bits per heavy atom. The van der Waals surface area contributed by atoms with Crippen molar-refractivity contribution in [2.75, 3.05) is 11.5 Å². The largest absolute Gasteiger partial charge is 0.479 e. The fourth-order valence-corrected chi connectivity index (χ4v) is 3.86. The Hall–Kier alpha value is -1.83. The molecule has 0 radical (unpaired) electrons. The highest BCUT2D eigenvalue weighted by Crippen LogP contribution is 2.30. The number of hydrogen-bond acceptors (Lipinski definition) is 4. The molecule has 0 spiro atoms. The minimum Gasteiger partial charge on any atom is -0.479 e. The third-order valence-corrected chi connectivity index (χ3v) is 4.90. The molecule has 8 heteroatoms. The van der Waals surface area contributed by atoms with E-state index in [0.717, 1.165) is 0 Å². The van der Waals surface area contributed by atoms with Crippen molar-refractivity contribution in [3.8, 4) is 5.75 Å². The number of rotatable bonds is 5. The predicted octanol–water partition coefficient (Wildman–Crippen LogP) is 2.59. The molecule has 1 amide bonds. The van der Waals surface area contributed by atoms with Crippen LogP contribution in [0.4, 0.5) is 8.78 Å². The van der Waals surface area contributed by atoms with Crippen LogP contribution in [-0.4, -0.2) is 40.6 Å². The highest BCUT2D eigenvalue weighted by Gasteiger charge is 2.43. The van der Waals surface area contributed by atoms with Gasteiger partial charge in [0.2, 0.25) is 0 Å². The predicted molar refractivity (Wildman–Crippen MR) is 82.3 cm³/mol. The second kappa shape index (κ2) is 6.74. The van der Waals surface area contributed by atoms with Gasteiger partial charge in [0.05, 0.1) is 0 Å². The first kappa shape index (κ1) is 17.5. The van der Waals surface area contributed by atoms with Gasteiger partial charge in [0, 0.05) is 11.3 Å². The van der Waals surface area contributed by atoms with E-state index in [9.17, 15) is 23.5 Å². The highest BCUT2D eigenvalue weighted by molar-refractivity contribution is 7.99. The Labute approximate surface area is 136 Å². The molecule has 1 atom stereocenters. The zero-order chi connectivity index (χ0) is 17.2. The summed E-state index contributed by atoms with van der Waals surface area (Å²) in [5, 5.41) is 12.0. The maximum absolute atomic E-state index is 12.4. The lowest BCUT2D eigenvalue weighted by molar-refractivity contribution is -0.143. The number of amides is 1. The smallest absolute Gasteiger partial charge is 0.387 e. The molecule has 1 aliphatic rings. The molecular weight excluding hydrogens is 328 g/mol. The standard InChI is InChI=1S/C15H17F2NO4S/c1-8-5-10(6-9(2)11(8)22-14(16)17)12(19)18-15(13(20)21)3-4-23-7-15/h5-6,14H,3-4,7H2,1-2H3,(H,18,19)(H,20,21). The Morgan fingerprint density at radius 1 is 1.35 bits per heavy atom. The molecule has 0 aliphatic carbocycles. The number of carbonyl (C=O) groups excluding carboxylic acids is 1. The number of aliphatic carboxylic acids is 1. The van der Waals surface area contributed by atoms with Crippen LogP contribution in [0.5, 0.6) is 5.75 Å². The van der Waals surface area contributed by atoms with Gasteiger partial charge in [-0.25, -0.2) is 4.79 Å². The lowest BCUT2D eigenvalue weighted by Gasteiger charge is -2.25. The van der Waals surface area contributed by atoms with E-state index < -0.39 is 24.0 Å². The van der Waals surface area contributed by atoms with E-state index in [-0.39, 0.29) is 11.3 Å². The maximum Gasteiger partial charge on any atom is 0.387 e. The van der Waals surface area contributed by atoms with Crippen LogP contribution in [0.2, 0.25) is 0 Å². The minimum absolute atomic E-state index is 0.0286. The van der Waals surface area contributed by atoms with E-state index in [0.29, 0.717) is 29.1 Å². The number of ether oxygens (including phenoxy) is 1. The minimum atomic E-state index is -2.95. The second-order valence-electron chi connectivity index (χ2n) is 5.46. The molecule has 0 aromatic heterocycles. The van der Waals surface area contributed by atoms with Crippen molar-refractivity contribution < 1.29 is 28.2 Å².